The second-order valence-corrected chi connectivity index (χ2v) is 5.04. The molecular weight excluding hydrogens is 266 g/mol. The fourth-order valence-electron chi connectivity index (χ4n) is 1.92. The van der Waals surface area contributed by atoms with E-state index < -0.39 is 0 Å². The van der Waals surface area contributed by atoms with Crippen molar-refractivity contribution in [3.63, 3.8) is 0 Å². The van der Waals surface area contributed by atoms with Crippen molar-refractivity contribution in [2.45, 2.75) is 12.8 Å². The zero-order valence-electron chi connectivity index (χ0n) is 11.4. The third-order valence-corrected chi connectivity index (χ3v) is 3.28. The Balaban J connectivity index is 1.61. The monoisotopic (exact) mass is 281 g/mol. The van der Waals surface area contributed by atoms with Crippen LogP contribution < -0.4 is 10.1 Å². The highest BCUT2D eigenvalue weighted by molar-refractivity contribution is 6.04. The molecular formula is C17H15NO3. The minimum Gasteiger partial charge on any atom is -0.426 e. The van der Waals surface area contributed by atoms with Gasteiger partial charge in [-0.2, -0.15) is 0 Å². The molecule has 0 spiro atoms. The van der Waals surface area contributed by atoms with E-state index in [4.69, 9.17) is 4.74 Å². The van der Waals surface area contributed by atoms with Crippen LogP contribution in [0.4, 0.5) is 5.69 Å². The van der Waals surface area contributed by atoms with Crippen LogP contribution in [0, 0.1) is 5.92 Å². The summed E-state index contributed by atoms with van der Waals surface area (Å²) in [5.74, 6) is 0.237. The summed E-state index contributed by atoms with van der Waals surface area (Å²) in [6.45, 7) is 0. The van der Waals surface area contributed by atoms with Crippen molar-refractivity contribution < 1.29 is 14.3 Å². The molecule has 2 aromatic carbocycles. The molecule has 1 aliphatic carbocycles. The maximum atomic E-state index is 12.0. The number of esters is 1. The molecule has 106 valence electrons. The lowest BCUT2D eigenvalue weighted by Crippen LogP contribution is -2.12. The Labute approximate surface area is 122 Å². The average Bonchev–Trinajstić information content (AvgIpc) is 3.35. The summed E-state index contributed by atoms with van der Waals surface area (Å²) in [6, 6.07) is 15.8. The first-order valence-electron chi connectivity index (χ1n) is 6.90. The lowest BCUT2D eigenvalue weighted by molar-refractivity contribution is -0.135. The number of carbonyl (C=O) groups excluding carboxylic acids is 2. The third kappa shape index (κ3) is 3.48. The van der Waals surface area contributed by atoms with E-state index >= 15 is 0 Å². The summed E-state index contributed by atoms with van der Waals surface area (Å²) >= 11 is 0. The molecule has 2 aromatic rings. The van der Waals surface area contributed by atoms with Crippen LogP contribution in [-0.4, -0.2) is 11.9 Å². The van der Waals surface area contributed by atoms with Crippen LogP contribution in [0.15, 0.2) is 54.6 Å². The molecule has 0 atom stereocenters. The average molecular weight is 281 g/mol. The van der Waals surface area contributed by atoms with E-state index in [1.807, 2.05) is 18.2 Å². The first-order chi connectivity index (χ1) is 10.2. The van der Waals surface area contributed by atoms with Crippen LogP contribution in [-0.2, 0) is 4.79 Å². The van der Waals surface area contributed by atoms with Gasteiger partial charge in [-0.25, -0.2) is 0 Å². The molecule has 0 unspecified atom stereocenters. The zero-order chi connectivity index (χ0) is 14.7. The molecule has 0 aromatic heterocycles. The molecule has 1 amide bonds. The van der Waals surface area contributed by atoms with Gasteiger partial charge >= 0.3 is 5.97 Å². The lowest BCUT2D eigenvalue weighted by Gasteiger charge is -2.07. The van der Waals surface area contributed by atoms with Crippen molar-refractivity contribution in [3.05, 3.63) is 60.2 Å². The van der Waals surface area contributed by atoms with E-state index in [1.165, 1.54) is 0 Å². The number of carbonyl (C=O) groups is 2. The number of rotatable bonds is 4. The van der Waals surface area contributed by atoms with Gasteiger partial charge in [0, 0.05) is 11.3 Å². The summed E-state index contributed by atoms with van der Waals surface area (Å²) in [7, 11) is 0. The van der Waals surface area contributed by atoms with Crippen LogP contribution in [0.3, 0.4) is 0 Å². The standard InChI is InChI=1S/C17H15NO3/c19-16(12-4-2-1-3-5-12)18-14-8-10-15(11-9-14)21-17(20)13-6-7-13/h1-5,8-11,13H,6-7H2,(H,18,19). The Morgan fingerprint density at radius 1 is 0.952 bits per heavy atom. The Kier molecular flexibility index (Phi) is 3.69. The molecule has 1 saturated carbocycles. The molecule has 21 heavy (non-hydrogen) atoms. The minimum absolute atomic E-state index is 0.0717. The maximum Gasteiger partial charge on any atom is 0.314 e. The van der Waals surface area contributed by atoms with Crippen molar-refractivity contribution in [2.24, 2.45) is 5.92 Å². The van der Waals surface area contributed by atoms with E-state index in [1.54, 1.807) is 36.4 Å². The minimum atomic E-state index is -0.170. The molecule has 1 aliphatic rings. The Hall–Kier alpha value is -2.62. The summed E-state index contributed by atoms with van der Waals surface area (Å²) < 4.78 is 5.23. The van der Waals surface area contributed by atoms with Gasteiger partial charge in [-0.05, 0) is 49.2 Å². The number of hydrogen-bond acceptors (Lipinski definition) is 3. The number of ether oxygens (including phenoxy) is 1. The van der Waals surface area contributed by atoms with Gasteiger partial charge < -0.3 is 10.1 Å². The van der Waals surface area contributed by atoms with Gasteiger partial charge in [0.2, 0.25) is 0 Å². The molecule has 0 saturated heterocycles. The van der Waals surface area contributed by atoms with Gasteiger partial charge in [-0.3, -0.25) is 9.59 Å². The van der Waals surface area contributed by atoms with Gasteiger partial charge in [0.25, 0.3) is 5.91 Å². The van der Waals surface area contributed by atoms with Crippen LogP contribution in [0.25, 0.3) is 0 Å². The number of benzene rings is 2. The number of amides is 1. The highest BCUT2D eigenvalue weighted by atomic mass is 16.5. The van der Waals surface area contributed by atoms with Crippen LogP contribution in [0.5, 0.6) is 5.75 Å². The fourth-order valence-corrected chi connectivity index (χ4v) is 1.92. The maximum absolute atomic E-state index is 12.0. The fraction of sp³-hybridized carbons (Fsp3) is 0.176. The number of hydrogen-bond donors (Lipinski definition) is 1. The van der Waals surface area contributed by atoms with E-state index in [-0.39, 0.29) is 17.8 Å². The topological polar surface area (TPSA) is 55.4 Å². The highest BCUT2D eigenvalue weighted by Crippen LogP contribution is 2.31. The van der Waals surface area contributed by atoms with Crippen molar-refractivity contribution in [2.75, 3.05) is 5.32 Å². The molecule has 0 aliphatic heterocycles. The Morgan fingerprint density at radius 2 is 1.62 bits per heavy atom. The summed E-state index contributed by atoms with van der Waals surface area (Å²) in [6.07, 6.45) is 1.84. The van der Waals surface area contributed by atoms with Gasteiger partial charge in [0.15, 0.2) is 0 Å². The lowest BCUT2D eigenvalue weighted by atomic mass is 10.2. The molecule has 4 heteroatoms. The van der Waals surface area contributed by atoms with Gasteiger partial charge in [0.05, 0.1) is 5.92 Å². The second-order valence-electron chi connectivity index (χ2n) is 5.04. The van der Waals surface area contributed by atoms with E-state index in [0.29, 0.717) is 17.0 Å². The molecule has 4 nitrogen and oxygen atoms in total. The third-order valence-electron chi connectivity index (χ3n) is 3.28. The van der Waals surface area contributed by atoms with Crippen LogP contribution in [0.2, 0.25) is 0 Å². The van der Waals surface area contributed by atoms with Gasteiger partial charge in [-0.1, -0.05) is 18.2 Å². The Bertz CT molecular complexity index is 645. The van der Waals surface area contributed by atoms with Crippen molar-refractivity contribution in [3.8, 4) is 5.75 Å². The second kappa shape index (κ2) is 5.79. The Morgan fingerprint density at radius 3 is 2.24 bits per heavy atom. The SMILES string of the molecule is O=C(Nc1ccc(OC(=O)C2CC2)cc1)c1ccccc1. The van der Waals surface area contributed by atoms with E-state index in [9.17, 15) is 9.59 Å². The molecule has 1 fully saturated rings. The predicted octanol–water partition coefficient (Wildman–Crippen LogP) is 3.25. The molecule has 0 heterocycles. The quantitative estimate of drug-likeness (QED) is 0.691. The van der Waals surface area contributed by atoms with Crippen molar-refractivity contribution >= 4 is 17.6 Å². The van der Waals surface area contributed by atoms with E-state index in [0.717, 1.165) is 12.8 Å². The highest BCUT2D eigenvalue weighted by Gasteiger charge is 2.31. The molecule has 3 rings (SSSR count). The van der Waals surface area contributed by atoms with Crippen LogP contribution >= 0.6 is 0 Å². The molecule has 0 bridgehead atoms. The van der Waals surface area contributed by atoms with Gasteiger partial charge in [0.1, 0.15) is 5.75 Å². The van der Waals surface area contributed by atoms with Crippen LogP contribution in [0.1, 0.15) is 23.2 Å². The first-order valence-corrected chi connectivity index (χ1v) is 6.90. The smallest absolute Gasteiger partial charge is 0.314 e. The molecule has 0 radical (unpaired) electrons. The van der Waals surface area contributed by atoms with Gasteiger partial charge in [-0.15, -0.1) is 0 Å². The van der Waals surface area contributed by atoms with Crippen molar-refractivity contribution in [1.29, 1.82) is 0 Å². The zero-order valence-corrected chi connectivity index (χ0v) is 11.4. The first kappa shape index (κ1) is 13.4. The number of anilines is 1. The van der Waals surface area contributed by atoms with E-state index in [2.05, 4.69) is 5.32 Å². The predicted molar refractivity (Wildman–Crippen MR) is 79.2 cm³/mol. The summed E-state index contributed by atoms with van der Waals surface area (Å²) in [5.41, 5.74) is 1.26. The summed E-state index contributed by atoms with van der Waals surface area (Å²) in [5, 5.41) is 2.79. The normalized spacial score (nSPS) is 13.5. The van der Waals surface area contributed by atoms with Crippen molar-refractivity contribution in [1.82, 2.24) is 0 Å². The largest absolute Gasteiger partial charge is 0.426 e. The summed E-state index contributed by atoms with van der Waals surface area (Å²) in [4.78, 5) is 23.5. The number of nitrogens with one attached hydrogen (secondary N) is 1. The molecule has 1 N–H and O–H groups in total.